The van der Waals surface area contributed by atoms with Crippen molar-refractivity contribution in [2.75, 3.05) is 13.7 Å². The van der Waals surface area contributed by atoms with E-state index in [1.807, 2.05) is 54.6 Å². The lowest BCUT2D eigenvalue weighted by Gasteiger charge is -2.25. The summed E-state index contributed by atoms with van der Waals surface area (Å²) in [5, 5.41) is 8.31. The molecule has 8 N–H and O–H groups in total. The molecule has 0 spiro atoms. The Labute approximate surface area is 257 Å². The number of benzene rings is 2. The zero-order valence-electron chi connectivity index (χ0n) is 25.6. The fourth-order valence-electron chi connectivity index (χ4n) is 4.19. The van der Waals surface area contributed by atoms with Gasteiger partial charge in [0, 0.05) is 37.0 Å². The molecule has 0 saturated carbocycles. The largest absolute Gasteiger partial charge is 0.497 e. The SMILES string of the molecule is COc1ccc(-c2ncc(C[C@H](NC(=O)OC(C)(C)C)C(=O)N[C@@H](CCCN=C(N)N)C(=O)NCc3ccccc3)[nH]2)cc1. The van der Waals surface area contributed by atoms with Crippen LogP contribution >= 0.6 is 0 Å². The Kier molecular flexibility index (Phi) is 12.1. The van der Waals surface area contributed by atoms with E-state index < -0.39 is 29.7 Å². The predicted molar refractivity (Wildman–Crippen MR) is 168 cm³/mol. The number of nitrogens with one attached hydrogen (secondary N) is 4. The summed E-state index contributed by atoms with van der Waals surface area (Å²) in [6, 6.07) is 14.7. The third kappa shape index (κ3) is 11.3. The zero-order valence-corrected chi connectivity index (χ0v) is 25.6. The van der Waals surface area contributed by atoms with Gasteiger partial charge in [-0.15, -0.1) is 0 Å². The number of methoxy groups -OCH3 is 1. The van der Waals surface area contributed by atoms with Gasteiger partial charge in [0.2, 0.25) is 11.8 Å². The monoisotopic (exact) mass is 606 g/mol. The molecule has 1 heterocycles. The Morgan fingerprint density at radius 1 is 0.977 bits per heavy atom. The molecule has 0 radical (unpaired) electrons. The molecule has 13 heteroatoms. The average molecular weight is 607 g/mol. The number of amides is 3. The number of H-pyrrole nitrogens is 1. The average Bonchev–Trinajstić information content (AvgIpc) is 3.45. The van der Waals surface area contributed by atoms with Crippen molar-refractivity contribution >= 4 is 23.9 Å². The maximum atomic E-state index is 13.6. The molecule has 0 aliphatic heterocycles. The second-order valence-electron chi connectivity index (χ2n) is 11.1. The van der Waals surface area contributed by atoms with Crippen LogP contribution in [0.5, 0.6) is 5.75 Å². The summed E-state index contributed by atoms with van der Waals surface area (Å²) < 4.78 is 10.6. The van der Waals surface area contributed by atoms with Crippen molar-refractivity contribution in [3.8, 4) is 17.1 Å². The lowest BCUT2D eigenvalue weighted by Crippen LogP contribution is -2.55. The molecule has 3 aromatic rings. The van der Waals surface area contributed by atoms with Crippen molar-refractivity contribution in [3.05, 3.63) is 72.1 Å². The summed E-state index contributed by atoms with van der Waals surface area (Å²) in [6.45, 7) is 5.73. The van der Waals surface area contributed by atoms with Crippen molar-refractivity contribution in [2.45, 2.75) is 64.3 Å². The van der Waals surface area contributed by atoms with E-state index >= 15 is 0 Å². The van der Waals surface area contributed by atoms with Crippen LogP contribution < -0.4 is 32.2 Å². The minimum Gasteiger partial charge on any atom is -0.497 e. The first-order valence-electron chi connectivity index (χ1n) is 14.3. The van der Waals surface area contributed by atoms with Gasteiger partial charge in [-0.3, -0.25) is 14.6 Å². The van der Waals surface area contributed by atoms with Crippen molar-refractivity contribution in [1.29, 1.82) is 0 Å². The maximum absolute atomic E-state index is 13.6. The molecular formula is C31H42N8O5. The number of nitrogens with two attached hydrogens (primary N) is 2. The number of aromatic nitrogens is 2. The highest BCUT2D eigenvalue weighted by atomic mass is 16.6. The van der Waals surface area contributed by atoms with E-state index in [1.54, 1.807) is 34.1 Å². The van der Waals surface area contributed by atoms with Gasteiger partial charge in [-0.05, 0) is 63.4 Å². The second-order valence-corrected chi connectivity index (χ2v) is 11.1. The van der Waals surface area contributed by atoms with Crippen LogP contribution in [0.2, 0.25) is 0 Å². The highest BCUT2D eigenvalue weighted by molar-refractivity contribution is 5.91. The van der Waals surface area contributed by atoms with E-state index in [9.17, 15) is 14.4 Å². The molecule has 2 aromatic carbocycles. The standard InChI is InChI=1S/C31H42N8O5/c1-31(2,3)44-30(42)39-25(17-22-19-35-26(37-22)21-12-14-23(43-4)15-13-21)28(41)38-24(11-8-16-34-29(32)33)27(40)36-18-20-9-6-5-7-10-20/h5-7,9-10,12-15,19,24-25H,8,11,16-18H2,1-4H3,(H,35,37)(H,36,40)(H,38,41)(H,39,42)(H4,32,33,34)/t24-,25-/m0/s1. The number of aliphatic imine (C=N–C) groups is 1. The fourth-order valence-corrected chi connectivity index (χ4v) is 4.19. The van der Waals surface area contributed by atoms with E-state index in [4.69, 9.17) is 20.9 Å². The molecule has 0 aliphatic rings. The lowest BCUT2D eigenvalue weighted by atomic mass is 10.1. The number of nitrogens with zero attached hydrogens (tertiary/aromatic N) is 2. The number of hydrogen-bond acceptors (Lipinski definition) is 7. The van der Waals surface area contributed by atoms with Crippen LogP contribution in [0.15, 0.2) is 65.8 Å². The number of hydrogen-bond donors (Lipinski definition) is 6. The molecule has 236 valence electrons. The van der Waals surface area contributed by atoms with E-state index in [1.165, 1.54) is 0 Å². The highest BCUT2D eigenvalue weighted by Gasteiger charge is 2.29. The first kappa shape index (κ1) is 33.4. The number of carbonyl (C=O) groups excluding carboxylic acids is 3. The van der Waals surface area contributed by atoms with Gasteiger partial charge in [0.1, 0.15) is 29.3 Å². The van der Waals surface area contributed by atoms with Gasteiger partial charge in [-0.25, -0.2) is 9.78 Å². The molecule has 13 nitrogen and oxygen atoms in total. The quantitative estimate of drug-likeness (QED) is 0.0912. The van der Waals surface area contributed by atoms with Crippen LogP contribution in [0.4, 0.5) is 4.79 Å². The molecular weight excluding hydrogens is 564 g/mol. The number of aromatic amines is 1. The Morgan fingerprint density at radius 3 is 2.32 bits per heavy atom. The number of imidazole rings is 1. The van der Waals surface area contributed by atoms with Crippen LogP contribution in [0.1, 0.15) is 44.9 Å². The first-order chi connectivity index (χ1) is 20.9. The lowest BCUT2D eigenvalue weighted by molar-refractivity contribution is -0.130. The highest BCUT2D eigenvalue weighted by Crippen LogP contribution is 2.20. The van der Waals surface area contributed by atoms with Gasteiger partial charge in [-0.1, -0.05) is 30.3 Å². The third-order valence-electron chi connectivity index (χ3n) is 6.31. The van der Waals surface area contributed by atoms with Crippen molar-refractivity contribution < 1.29 is 23.9 Å². The van der Waals surface area contributed by atoms with Crippen LogP contribution in [-0.4, -0.2) is 65.2 Å². The normalized spacial score (nSPS) is 12.4. The van der Waals surface area contributed by atoms with Crippen LogP contribution in [-0.2, 0) is 27.3 Å². The Hall–Kier alpha value is -5.07. The van der Waals surface area contributed by atoms with Crippen molar-refractivity contribution in [3.63, 3.8) is 0 Å². The molecule has 2 atom stereocenters. The molecule has 0 aliphatic carbocycles. The van der Waals surface area contributed by atoms with E-state index in [2.05, 4.69) is 30.9 Å². The molecule has 0 bridgehead atoms. The fraction of sp³-hybridized carbons (Fsp3) is 0.387. The van der Waals surface area contributed by atoms with E-state index in [-0.39, 0.29) is 37.8 Å². The van der Waals surface area contributed by atoms with Crippen LogP contribution in [0, 0.1) is 0 Å². The number of guanidine groups is 1. The predicted octanol–water partition coefficient (Wildman–Crippen LogP) is 2.38. The topological polar surface area (TPSA) is 199 Å². The maximum Gasteiger partial charge on any atom is 0.408 e. The zero-order chi connectivity index (χ0) is 32.1. The van der Waals surface area contributed by atoms with E-state index in [0.29, 0.717) is 23.7 Å². The first-order valence-corrected chi connectivity index (χ1v) is 14.3. The molecule has 0 fully saturated rings. The second kappa shape index (κ2) is 16.0. The van der Waals surface area contributed by atoms with Crippen molar-refractivity contribution in [1.82, 2.24) is 25.9 Å². The number of ether oxygens (including phenoxy) is 2. The van der Waals surface area contributed by atoms with Gasteiger partial charge in [0.05, 0.1) is 7.11 Å². The minimum absolute atomic E-state index is 0.0561. The Morgan fingerprint density at radius 2 is 1.68 bits per heavy atom. The summed E-state index contributed by atoms with van der Waals surface area (Å²) >= 11 is 0. The summed E-state index contributed by atoms with van der Waals surface area (Å²) in [5.74, 6) is 0.273. The van der Waals surface area contributed by atoms with Crippen LogP contribution in [0.25, 0.3) is 11.4 Å². The molecule has 44 heavy (non-hydrogen) atoms. The summed E-state index contributed by atoms with van der Waals surface area (Å²) in [5.41, 5.74) is 12.4. The van der Waals surface area contributed by atoms with Crippen molar-refractivity contribution in [2.24, 2.45) is 16.5 Å². The van der Waals surface area contributed by atoms with Gasteiger partial charge < -0.3 is 41.9 Å². The molecule has 0 unspecified atom stereocenters. The van der Waals surface area contributed by atoms with Gasteiger partial charge in [0.25, 0.3) is 0 Å². The number of carbonyl (C=O) groups is 3. The summed E-state index contributed by atoms with van der Waals surface area (Å²) in [4.78, 5) is 51.2. The third-order valence-corrected chi connectivity index (χ3v) is 6.31. The van der Waals surface area contributed by atoms with E-state index in [0.717, 1.165) is 11.1 Å². The van der Waals surface area contributed by atoms with Gasteiger partial charge in [0.15, 0.2) is 5.96 Å². The van der Waals surface area contributed by atoms with Crippen LogP contribution in [0.3, 0.4) is 0 Å². The molecule has 3 amide bonds. The van der Waals surface area contributed by atoms with Gasteiger partial charge >= 0.3 is 6.09 Å². The smallest absolute Gasteiger partial charge is 0.408 e. The Balaban J connectivity index is 1.78. The number of rotatable bonds is 14. The Bertz CT molecular complexity index is 1400. The summed E-state index contributed by atoms with van der Waals surface area (Å²) in [6.07, 6.45) is 1.56. The number of alkyl carbamates (subject to hydrolysis) is 1. The minimum atomic E-state index is -1.09. The molecule has 0 saturated heterocycles. The van der Waals surface area contributed by atoms with Gasteiger partial charge in [-0.2, -0.15) is 0 Å². The summed E-state index contributed by atoms with van der Waals surface area (Å²) in [7, 11) is 1.59. The molecule has 1 aromatic heterocycles. The molecule has 3 rings (SSSR count).